The second-order valence-electron chi connectivity index (χ2n) is 4.48. The summed E-state index contributed by atoms with van der Waals surface area (Å²) in [4.78, 5) is 11.3. The third-order valence-electron chi connectivity index (χ3n) is 3.06. The zero-order valence-corrected chi connectivity index (χ0v) is 11.0. The lowest BCUT2D eigenvalue weighted by atomic mass is 9.99. The van der Waals surface area contributed by atoms with E-state index < -0.39 is 5.56 Å². The Kier molecular flexibility index (Phi) is 4.75. The first kappa shape index (κ1) is 13.1. The summed E-state index contributed by atoms with van der Waals surface area (Å²) in [6, 6.07) is 0. The van der Waals surface area contributed by atoms with E-state index in [9.17, 15) is 4.79 Å². The molecule has 2 rings (SSSR count). The number of hydrogen-bond donors (Lipinski definition) is 2. The van der Waals surface area contributed by atoms with Gasteiger partial charge in [0.25, 0.3) is 5.56 Å². The number of aromatic amines is 1. The Labute approximate surface area is 111 Å². The third-order valence-corrected chi connectivity index (χ3v) is 3.44. The molecule has 0 amide bonds. The summed E-state index contributed by atoms with van der Waals surface area (Å²) in [6.45, 7) is 0. The number of anilines is 1. The molecule has 0 spiro atoms. The number of H-pyrrole nitrogens is 1. The largest absolute Gasteiger partial charge is 0.285 e. The van der Waals surface area contributed by atoms with Crippen molar-refractivity contribution in [3.63, 3.8) is 0 Å². The predicted molar refractivity (Wildman–Crippen MR) is 73.2 cm³/mol. The Morgan fingerprint density at radius 3 is 2.61 bits per heavy atom. The van der Waals surface area contributed by atoms with E-state index in [1.807, 2.05) is 0 Å². The minimum atomic E-state index is -0.403. The second kappa shape index (κ2) is 6.54. The first-order chi connectivity index (χ1) is 8.77. The fourth-order valence-electron chi connectivity index (χ4n) is 2.03. The average Bonchev–Trinajstić information content (AvgIpc) is 2.32. The van der Waals surface area contributed by atoms with Crippen molar-refractivity contribution < 1.29 is 0 Å². The minimum Gasteiger partial charge on any atom is -0.275 e. The SMILES string of the molecule is O=c1[nH]ncc(NN=C2CCCCCCC2)c1Cl. The van der Waals surface area contributed by atoms with Gasteiger partial charge in [0, 0.05) is 5.71 Å². The molecule has 0 saturated heterocycles. The van der Waals surface area contributed by atoms with Gasteiger partial charge in [0.05, 0.1) is 6.20 Å². The molecule has 98 valence electrons. The van der Waals surface area contributed by atoms with Gasteiger partial charge in [0.2, 0.25) is 0 Å². The van der Waals surface area contributed by atoms with Gasteiger partial charge in [-0.15, -0.1) is 0 Å². The highest BCUT2D eigenvalue weighted by molar-refractivity contribution is 6.32. The van der Waals surface area contributed by atoms with Gasteiger partial charge in [0.15, 0.2) is 0 Å². The van der Waals surface area contributed by atoms with Crippen LogP contribution in [0.1, 0.15) is 44.9 Å². The van der Waals surface area contributed by atoms with E-state index in [0.29, 0.717) is 5.69 Å². The number of halogens is 1. The smallest absolute Gasteiger partial charge is 0.275 e. The molecule has 5 nitrogen and oxygen atoms in total. The molecule has 0 aliphatic heterocycles. The topological polar surface area (TPSA) is 70.1 Å². The van der Waals surface area contributed by atoms with Crippen LogP contribution < -0.4 is 11.0 Å². The van der Waals surface area contributed by atoms with Crippen LogP contribution in [0.15, 0.2) is 16.1 Å². The van der Waals surface area contributed by atoms with Crippen molar-refractivity contribution in [1.29, 1.82) is 0 Å². The van der Waals surface area contributed by atoms with Crippen LogP contribution >= 0.6 is 11.6 Å². The Morgan fingerprint density at radius 1 is 1.22 bits per heavy atom. The Bertz CT molecular complexity index is 473. The molecular weight excluding hydrogens is 252 g/mol. The first-order valence-corrected chi connectivity index (χ1v) is 6.70. The quantitative estimate of drug-likeness (QED) is 0.810. The maximum Gasteiger partial charge on any atom is 0.285 e. The maximum absolute atomic E-state index is 11.3. The van der Waals surface area contributed by atoms with Crippen molar-refractivity contribution in [3.05, 3.63) is 21.6 Å². The van der Waals surface area contributed by atoms with Gasteiger partial charge in [-0.2, -0.15) is 10.2 Å². The summed E-state index contributed by atoms with van der Waals surface area (Å²) >= 11 is 5.85. The average molecular weight is 269 g/mol. The standard InChI is InChI=1S/C12H17ClN4O/c13-11-10(8-14-17-12(11)18)16-15-9-6-4-2-1-3-5-7-9/h8H,1-7H2,(H2,16,17,18). The minimum absolute atomic E-state index is 0.0974. The number of nitrogens with zero attached hydrogens (tertiary/aromatic N) is 2. The van der Waals surface area contributed by atoms with Gasteiger partial charge in [0.1, 0.15) is 10.7 Å². The monoisotopic (exact) mass is 268 g/mol. The second-order valence-corrected chi connectivity index (χ2v) is 4.86. The van der Waals surface area contributed by atoms with E-state index in [4.69, 9.17) is 11.6 Å². The van der Waals surface area contributed by atoms with Crippen molar-refractivity contribution in [2.75, 3.05) is 5.43 Å². The molecular formula is C12H17ClN4O. The van der Waals surface area contributed by atoms with Crippen LogP contribution in [-0.2, 0) is 0 Å². The van der Waals surface area contributed by atoms with Gasteiger partial charge in [-0.05, 0) is 25.7 Å². The van der Waals surface area contributed by atoms with Crippen LogP contribution in [0.25, 0.3) is 0 Å². The molecule has 0 bridgehead atoms. The van der Waals surface area contributed by atoms with E-state index >= 15 is 0 Å². The van der Waals surface area contributed by atoms with Crippen molar-refractivity contribution in [2.24, 2.45) is 5.10 Å². The number of rotatable bonds is 2. The van der Waals surface area contributed by atoms with Crippen molar-refractivity contribution >= 4 is 23.0 Å². The van der Waals surface area contributed by atoms with Crippen LogP contribution in [0, 0.1) is 0 Å². The zero-order chi connectivity index (χ0) is 12.8. The van der Waals surface area contributed by atoms with E-state index in [1.54, 1.807) is 0 Å². The van der Waals surface area contributed by atoms with E-state index in [1.165, 1.54) is 38.3 Å². The molecule has 1 fully saturated rings. The number of hydrazone groups is 1. The summed E-state index contributed by atoms with van der Waals surface area (Å²) in [5.41, 5.74) is 4.04. The van der Waals surface area contributed by atoms with Crippen molar-refractivity contribution in [2.45, 2.75) is 44.9 Å². The number of aromatic nitrogens is 2. The number of nitrogens with one attached hydrogen (secondary N) is 2. The molecule has 0 atom stereocenters. The molecule has 1 aromatic heterocycles. The fourth-order valence-corrected chi connectivity index (χ4v) is 2.16. The molecule has 6 heteroatoms. The van der Waals surface area contributed by atoms with Crippen LogP contribution in [0.5, 0.6) is 0 Å². The highest BCUT2D eigenvalue weighted by Crippen LogP contribution is 2.17. The summed E-state index contributed by atoms with van der Waals surface area (Å²) < 4.78 is 0. The molecule has 0 radical (unpaired) electrons. The van der Waals surface area contributed by atoms with Crippen LogP contribution in [-0.4, -0.2) is 15.9 Å². The molecule has 2 N–H and O–H groups in total. The van der Waals surface area contributed by atoms with Gasteiger partial charge in [-0.1, -0.05) is 30.9 Å². The molecule has 0 unspecified atom stereocenters. The van der Waals surface area contributed by atoms with Gasteiger partial charge < -0.3 is 0 Å². The normalized spacial score (nSPS) is 16.8. The van der Waals surface area contributed by atoms with Gasteiger partial charge in [-0.3, -0.25) is 10.2 Å². The maximum atomic E-state index is 11.3. The number of hydrogen-bond acceptors (Lipinski definition) is 4. The molecule has 1 aromatic rings. The Balaban J connectivity index is 2.04. The molecule has 1 saturated carbocycles. The van der Waals surface area contributed by atoms with Gasteiger partial charge >= 0.3 is 0 Å². The highest BCUT2D eigenvalue weighted by atomic mass is 35.5. The summed E-state index contributed by atoms with van der Waals surface area (Å²) in [6.07, 6.45) is 9.73. The summed E-state index contributed by atoms with van der Waals surface area (Å²) in [7, 11) is 0. The lowest BCUT2D eigenvalue weighted by Crippen LogP contribution is -2.11. The molecule has 18 heavy (non-hydrogen) atoms. The Hall–Kier alpha value is -1.36. The summed E-state index contributed by atoms with van der Waals surface area (Å²) in [5.74, 6) is 0. The lowest BCUT2D eigenvalue weighted by Gasteiger charge is -2.11. The van der Waals surface area contributed by atoms with Crippen molar-refractivity contribution in [3.8, 4) is 0 Å². The van der Waals surface area contributed by atoms with E-state index in [-0.39, 0.29) is 5.02 Å². The highest BCUT2D eigenvalue weighted by Gasteiger charge is 2.07. The zero-order valence-electron chi connectivity index (χ0n) is 10.2. The predicted octanol–water partition coefficient (Wildman–Crippen LogP) is 2.94. The first-order valence-electron chi connectivity index (χ1n) is 6.32. The van der Waals surface area contributed by atoms with Crippen LogP contribution in [0.3, 0.4) is 0 Å². The summed E-state index contributed by atoms with van der Waals surface area (Å²) in [5, 5.41) is 10.4. The molecule has 1 aliphatic carbocycles. The van der Waals surface area contributed by atoms with Crippen LogP contribution in [0.2, 0.25) is 5.02 Å². The Morgan fingerprint density at radius 2 is 1.89 bits per heavy atom. The van der Waals surface area contributed by atoms with E-state index in [2.05, 4.69) is 20.7 Å². The third kappa shape index (κ3) is 3.57. The van der Waals surface area contributed by atoms with Gasteiger partial charge in [-0.25, -0.2) is 5.10 Å². The molecule has 1 aliphatic rings. The lowest BCUT2D eigenvalue weighted by molar-refractivity contribution is 0.606. The molecule has 1 heterocycles. The van der Waals surface area contributed by atoms with Crippen LogP contribution in [0.4, 0.5) is 5.69 Å². The molecule has 0 aromatic carbocycles. The fraction of sp³-hybridized carbons (Fsp3) is 0.583. The van der Waals surface area contributed by atoms with Crippen molar-refractivity contribution in [1.82, 2.24) is 10.2 Å². The van der Waals surface area contributed by atoms with E-state index in [0.717, 1.165) is 18.6 Å².